The average molecular weight is 401 g/mol. The molecule has 1 aliphatic heterocycles. The number of nitrogens with one attached hydrogen (secondary N) is 3. The quantitative estimate of drug-likeness (QED) is 0.817. The number of carbonyl (C=O) groups excluding carboxylic acids is 1. The number of piperazine rings is 1. The van der Waals surface area contributed by atoms with Gasteiger partial charge in [0, 0.05) is 6.07 Å². The van der Waals surface area contributed by atoms with Gasteiger partial charge in [-0.1, -0.05) is 17.7 Å². The molecule has 0 unspecified atom stereocenters. The van der Waals surface area contributed by atoms with Gasteiger partial charge < -0.3 is 10.2 Å². The van der Waals surface area contributed by atoms with Crippen LogP contribution in [0.4, 0.5) is 24.7 Å². The Morgan fingerprint density at radius 1 is 1.22 bits per heavy atom. The first-order valence-corrected chi connectivity index (χ1v) is 8.92. The Hall–Kier alpha value is -2.32. The largest absolute Gasteiger partial charge is 0.416 e. The van der Waals surface area contributed by atoms with Gasteiger partial charge in [0.05, 0.1) is 22.5 Å². The van der Waals surface area contributed by atoms with Crippen molar-refractivity contribution in [1.82, 2.24) is 0 Å². The smallest absolute Gasteiger partial charge is 0.321 e. The van der Waals surface area contributed by atoms with Crippen molar-refractivity contribution in [3.8, 4) is 0 Å². The Morgan fingerprint density at radius 2 is 1.96 bits per heavy atom. The van der Waals surface area contributed by atoms with Crippen molar-refractivity contribution >= 4 is 29.0 Å². The number of carbonyl (C=O) groups is 1. The first-order valence-electron chi connectivity index (χ1n) is 8.55. The van der Waals surface area contributed by atoms with E-state index in [2.05, 4.69) is 15.2 Å². The van der Waals surface area contributed by atoms with Crippen LogP contribution in [0.3, 0.4) is 0 Å². The van der Waals surface area contributed by atoms with E-state index in [0.29, 0.717) is 0 Å². The van der Waals surface area contributed by atoms with Gasteiger partial charge in [-0.3, -0.25) is 9.69 Å². The number of quaternary nitrogens is 1. The van der Waals surface area contributed by atoms with Crippen molar-refractivity contribution in [3.63, 3.8) is 0 Å². The highest BCUT2D eigenvalue weighted by Crippen LogP contribution is 2.33. The summed E-state index contributed by atoms with van der Waals surface area (Å²) in [4.78, 5) is 18.7. The van der Waals surface area contributed by atoms with Crippen LogP contribution in [-0.4, -0.2) is 38.6 Å². The summed E-state index contributed by atoms with van der Waals surface area (Å²) < 4.78 is 38.5. The van der Waals surface area contributed by atoms with Crippen LogP contribution in [0.5, 0.6) is 0 Å². The molecule has 5 nitrogen and oxygen atoms in total. The van der Waals surface area contributed by atoms with Crippen LogP contribution >= 0.6 is 11.6 Å². The van der Waals surface area contributed by atoms with Crippen LogP contribution in [0.2, 0.25) is 5.02 Å². The number of anilines is 2. The number of amides is 1. The van der Waals surface area contributed by atoms with Crippen LogP contribution in [0.15, 0.2) is 42.6 Å². The lowest BCUT2D eigenvalue weighted by Crippen LogP contribution is -3.15. The van der Waals surface area contributed by atoms with Gasteiger partial charge in [0.1, 0.15) is 26.2 Å². The fourth-order valence-electron chi connectivity index (χ4n) is 3.04. The number of aromatic nitrogens is 1. The fourth-order valence-corrected chi connectivity index (χ4v) is 3.20. The Balaban J connectivity index is 1.55. The number of benzene rings is 1. The summed E-state index contributed by atoms with van der Waals surface area (Å²) in [5.74, 6) is 0.669. The molecule has 9 heteroatoms. The zero-order valence-electron chi connectivity index (χ0n) is 14.4. The summed E-state index contributed by atoms with van der Waals surface area (Å²) in [6.45, 7) is 3.26. The molecule has 1 amide bonds. The predicted molar refractivity (Wildman–Crippen MR) is 95.9 cm³/mol. The van der Waals surface area contributed by atoms with Crippen molar-refractivity contribution in [2.75, 3.05) is 42.9 Å². The van der Waals surface area contributed by atoms with Gasteiger partial charge in [0.2, 0.25) is 0 Å². The predicted octanol–water partition coefficient (Wildman–Crippen LogP) is 1.52. The molecule has 0 spiro atoms. The Bertz CT molecular complexity index is 793. The van der Waals surface area contributed by atoms with E-state index in [4.69, 9.17) is 11.6 Å². The van der Waals surface area contributed by atoms with Crippen LogP contribution < -0.4 is 20.1 Å². The van der Waals surface area contributed by atoms with Gasteiger partial charge in [-0.25, -0.2) is 4.98 Å². The van der Waals surface area contributed by atoms with E-state index in [9.17, 15) is 18.0 Å². The van der Waals surface area contributed by atoms with Crippen molar-refractivity contribution in [2.45, 2.75) is 6.18 Å². The molecule has 0 aliphatic carbocycles. The van der Waals surface area contributed by atoms with E-state index in [1.807, 2.05) is 24.4 Å². The van der Waals surface area contributed by atoms with Gasteiger partial charge in [0.25, 0.3) is 11.7 Å². The van der Waals surface area contributed by atoms with Gasteiger partial charge >= 0.3 is 6.18 Å². The molecular weight excluding hydrogens is 381 g/mol. The number of alkyl halides is 3. The highest BCUT2D eigenvalue weighted by Gasteiger charge is 2.31. The summed E-state index contributed by atoms with van der Waals surface area (Å²) in [5.41, 5.74) is -0.865. The number of H-pyrrole nitrogens is 1. The summed E-state index contributed by atoms with van der Waals surface area (Å²) >= 11 is 5.92. The molecular formula is C18H20ClF3N4O+2. The van der Waals surface area contributed by atoms with E-state index in [1.54, 1.807) is 0 Å². The molecule has 1 fully saturated rings. The minimum atomic E-state index is -4.49. The topological polar surface area (TPSA) is 50.9 Å². The van der Waals surface area contributed by atoms with Crippen LogP contribution in [0.25, 0.3) is 0 Å². The van der Waals surface area contributed by atoms with Crippen LogP contribution in [0, 0.1) is 0 Å². The number of nitrogens with zero attached hydrogens (tertiary/aromatic N) is 1. The SMILES string of the molecule is O=C(C[NH+]1CCN(c2cccc[nH+]2)CC1)Nc1cc(C(F)(F)F)ccc1Cl. The highest BCUT2D eigenvalue weighted by atomic mass is 35.5. The molecule has 144 valence electrons. The van der Waals surface area contributed by atoms with Gasteiger partial charge in [-0.15, -0.1) is 0 Å². The Kier molecular flexibility index (Phi) is 5.86. The first-order chi connectivity index (χ1) is 12.8. The van der Waals surface area contributed by atoms with Crippen molar-refractivity contribution in [1.29, 1.82) is 0 Å². The second-order valence-corrected chi connectivity index (χ2v) is 6.81. The minimum Gasteiger partial charge on any atom is -0.321 e. The lowest BCUT2D eigenvalue weighted by molar-refractivity contribution is -0.892. The molecule has 1 saturated heterocycles. The van der Waals surface area contributed by atoms with Crippen molar-refractivity contribution in [3.05, 3.63) is 53.2 Å². The van der Waals surface area contributed by atoms with Crippen LogP contribution in [0.1, 0.15) is 5.56 Å². The lowest BCUT2D eigenvalue weighted by atomic mass is 10.2. The molecule has 1 aliphatic rings. The highest BCUT2D eigenvalue weighted by molar-refractivity contribution is 6.33. The molecule has 2 aromatic rings. The Labute approximate surface area is 159 Å². The minimum absolute atomic E-state index is 0.0200. The molecule has 3 rings (SSSR count). The van der Waals surface area contributed by atoms with E-state index >= 15 is 0 Å². The molecule has 1 aromatic carbocycles. The standard InChI is InChI=1S/C18H18ClF3N4O/c19-14-5-4-13(18(20,21)22)11-15(14)24-17(27)12-25-7-9-26(10-8-25)16-3-1-2-6-23-16/h1-6,11H,7-10,12H2,(H,24,27)/p+2. The van der Waals surface area contributed by atoms with Gasteiger partial charge in [-0.05, 0) is 24.3 Å². The number of rotatable bonds is 4. The van der Waals surface area contributed by atoms with Gasteiger partial charge in [0.15, 0.2) is 6.54 Å². The van der Waals surface area contributed by atoms with E-state index in [0.717, 1.165) is 55.1 Å². The molecule has 0 bridgehead atoms. The summed E-state index contributed by atoms with van der Waals surface area (Å²) in [6.07, 6.45) is -2.62. The molecule has 0 saturated carbocycles. The molecule has 0 atom stereocenters. The molecule has 1 aromatic heterocycles. The maximum atomic E-state index is 12.8. The fraction of sp³-hybridized carbons (Fsp3) is 0.333. The monoisotopic (exact) mass is 400 g/mol. The maximum absolute atomic E-state index is 12.8. The Morgan fingerprint density at radius 3 is 2.59 bits per heavy atom. The second kappa shape index (κ2) is 8.14. The second-order valence-electron chi connectivity index (χ2n) is 6.40. The molecule has 0 radical (unpaired) electrons. The molecule has 2 heterocycles. The third kappa shape index (κ3) is 5.11. The maximum Gasteiger partial charge on any atom is 0.416 e. The number of halogens is 4. The number of pyridine rings is 1. The summed E-state index contributed by atoms with van der Waals surface area (Å²) in [6, 6.07) is 8.75. The van der Waals surface area contributed by atoms with E-state index in [1.165, 1.54) is 0 Å². The summed E-state index contributed by atoms with van der Waals surface area (Å²) in [5, 5.41) is 2.58. The van der Waals surface area contributed by atoms with Crippen molar-refractivity contribution < 1.29 is 27.8 Å². The zero-order chi connectivity index (χ0) is 19.4. The van der Waals surface area contributed by atoms with Crippen LogP contribution in [-0.2, 0) is 11.0 Å². The third-order valence-corrected chi connectivity index (χ3v) is 4.81. The average Bonchev–Trinajstić information content (AvgIpc) is 2.64. The third-order valence-electron chi connectivity index (χ3n) is 4.48. The zero-order valence-corrected chi connectivity index (χ0v) is 15.2. The number of hydrogen-bond acceptors (Lipinski definition) is 2. The van der Waals surface area contributed by atoms with E-state index in [-0.39, 0.29) is 23.2 Å². The molecule has 3 N–H and O–H groups in total. The van der Waals surface area contributed by atoms with E-state index < -0.39 is 11.7 Å². The number of aromatic amines is 1. The molecule has 27 heavy (non-hydrogen) atoms. The lowest BCUT2D eigenvalue weighted by Gasteiger charge is -2.27. The summed E-state index contributed by atoms with van der Waals surface area (Å²) in [7, 11) is 0. The normalized spacial score (nSPS) is 15.6. The first kappa shape index (κ1) is 19.4. The van der Waals surface area contributed by atoms with Crippen molar-refractivity contribution in [2.24, 2.45) is 0 Å². The number of hydrogen-bond donors (Lipinski definition) is 2. The van der Waals surface area contributed by atoms with Gasteiger partial charge in [-0.2, -0.15) is 13.2 Å².